The summed E-state index contributed by atoms with van der Waals surface area (Å²) in [6.45, 7) is 0. The molecule has 0 saturated carbocycles. The van der Waals surface area contributed by atoms with Gasteiger partial charge in [0.1, 0.15) is 6.04 Å². The van der Waals surface area contributed by atoms with Crippen LogP contribution in [0.3, 0.4) is 0 Å². The van der Waals surface area contributed by atoms with Gasteiger partial charge in [0.15, 0.2) is 0 Å². The first-order chi connectivity index (χ1) is 9.11. The van der Waals surface area contributed by atoms with E-state index in [1.54, 1.807) is 11.8 Å². The summed E-state index contributed by atoms with van der Waals surface area (Å²) < 4.78 is 0. The number of benzene rings is 1. The highest BCUT2D eigenvalue weighted by atomic mass is 32.2. The zero-order valence-corrected chi connectivity index (χ0v) is 12.0. The molecule has 0 unspecified atom stereocenters. The zero-order chi connectivity index (χ0) is 13.8. The molecule has 0 radical (unpaired) electrons. The summed E-state index contributed by atoms with van der Waals surface area (Å²) in [5.41, 5.74) is 0.670. The molecule has 1 heterocycles. The van der Waals surface area contributed by atoms with Crippen LogP contribution in [0.5, 0.6) is 0 Å². The van der Waals surface area contributed by atoms with E-state index in [9.17, 15) is 9.59 Å². The van der Waals surface area contributed by atoms with Crippen LogP contribution in [-0.4, -0.2) is 45.9 Å². The van der Waals surface area contributed by atoms with E-state index in [0.717, 1.165) is 4.90 Å². The second kappa shape index (κ2) is 6.21. The van der Waals surface area contributed by atoms with Crippen LogP contribution in [0, 0.1) is 0 Å². The highest BCUT2D eigenvalue weighted by Crippen LogP contribution is 2.23. The van der Waals surface area contributed by atoms with E-state index in [2.05, 4.69) is 5.32 Å². The number of nitrogens with zero attached hydrogens (tertiary/aromatic N) is 1. The van der Waals surface area contributed by atoms with Crippen molar-refractivity contribution in [1.29, 1.82) is 0 Å². The summed E-state index contributed by atoms with van der Waals surface area (Å²) in [6.07, 6.45) is 1.98. The lowest BCUT2D eigenvalue weighted by Crippen LogP contribution is -2.43. The van der Waals surface area contributed by atoms with E-state index >= 15 is 0 Å². The van der Waals surface area contributed by atoms with Crippen molar-refractivity contribution in [1.82, 2.24) is 4.90 Å². The van der Waals surface area contributed by atoms with Crippen LogP contribution in [0.25, 0.3) is 0 Å². The maximum atomic E-state index is 12.0. The van der Waals surface area contributed by atoms with Gasteiger partial charge in [-0.1, -0.05) is 0 Å². The van der Waals surface area contributed by atoms with Gasteiger partial charge < -0.3 is 15.3 Å². The van der Waals surface area contributed by atoms with Crippen molar-refractivity contribution in [3.8, 4) is 0 Å². The number of aliphatic carboxylic acids is 1. The Bertz CT molecular complexity index is 478. The first kappa shape index (κ1) is 14.1. The molecule has 1 aliphatic heterocycles. The highest BCUT2D eigenvalue weighted by Gasteiger charge is 2.34. The van der Waals surface area contributed by atoms with Gasteiger partial charge in [-0.2, -0.15) is 0 Å². The lowest BCUT2D eigenvalue weighted by Gasteiger charge is -2.20. The summed E-state index contributed by atoms with van der Waals surface area (Å²) in [5.74, 6) is -0.113. The van der Waals surface area contributed by atoms with E-state index in [0.29, 0.717) is 17.3 Å². The molecule has 2 rings (SSSR count). The molecule has 1 saturated heterocycles. The molecule has 0 aliphatic carbocycles. The van der Waals surface area contributed by atoms with E-state index in [4.69, 9.17) is 5.11 Å². The number of amides is 2. The number of thioether (sulfide) groups is 2. The summed E-state index contributed by atoms with van der Waals surface area (Å²) >= 11 is 3.07. The molecule has 1 aromatic rings. The van der Waals surface area contributed by atoms with Gasteiger partial charge in [-0.25, -0.2) is 9.59 Å². The maximum Gasteiger partial charge on any atom is 0.327 e. The van der Waals surface area contributed by atoms with Gasteiger partial charge in [0, 0.05) is 16.3 Å². The molecule has 1 aliphatic rings. The first-order valence-electron chi connectivity index (χ1n) is 5.64. The summed E-state index contributed by atoms with van der Waals surface area (Å²) in [4.78, 5) is 25.5. The van der Waals surface area contributed by atoms with Gasteiger partial charge in [-0.05, 0) is 30.5 Å². The molecule has 1 atom stereocenters. The molecule has 0 aromatic heterocycles. The molecule has 1 fully saturated rings. The summed E-state index contributed by atoms with van der Waals surface area (Å²) in [5, 5.41) is 11.8. The Kier molecular flexibility index (Phi) is 4.60. The summed E-state index contributed by atoms with van der Waals surface area (Å²) in [6, 6.07) is 6.33. The number of carbonyl (C=O) groups excluding carboxylic acids is 1. The van der Waals surface area contributed by atoms with Crippen LogP contribution in [0.2, 0.25) is 0 Å². The van der Waals surface area contributed by atoms with E-state index in [1.165, 1.54) is 16.7 Å². The minimum atomic E-state index is -0.960. The number of hydrogen-bond donors (Lipinski definition) is 2. The zero-order valence-electron chi connectivity index (χ0n) is 10.3. The van der Waals surface area contributed by atoms with Gasteiger partial charge in [-0.15, -0.1) is 23.5 Å². The molecule has 19 heavy (non-hydrogen) atoms. The number of nitrogens with one attached hydrogen (secondary N) is 1. The monoisotopic (exact) mass is 298 g/mol. The van der Waals surface area contributed by atoms with E-state index < -0.39 is 12.0 Å². The number of carbonyl (C=O) groups is 2. The Morgan fingerprint density at radius 3 is 2.68 bits per heavy atom. The molecule has 102 valence electrons. The second-order valence-electron chi connectivity index (χ2n) is 3.98. The third-order valence-electron chi connectivity index (χ3n) is 2.77. The van der Waals surface area contributed by atoms with Crippen molar-refractivity contribution < 1.29 is 14.7 Å². The predicted molar refractivity (Wildman–Crippen MR) is 77.8 cm³/mol. The Balaban J connectivity index is 2.01. The van der Waals surface area contributed by atoms with Crippen LogP contribution in [0.15, 0.2) is 29.2 Å². The Hall–Kier alpha value is -1.34. The van der Waals surface area contributed by atoms with Gasteiger partial charge in [0.25, 0.3) is 0 Å². The number of carboxylic acids is 1. The largest absolute Gasteiger partial charge is 0.480 e. The maximum absolute atomic E-state index is 12.0. The van der Waals surface area contributed by atoms with Crippen molar-refractivity contribution in [2.75, 3.05) is 23.2 Å². The molecule has 5 nitrogen and oxygen atoms in total. The smallest absolute Gasteiger partial charge is 0.327 e. The van der Waals surface area contributed by atoms with Crippen molar-refractivity contribution in [2.45, 2.75) is 10.9 Å². The quantitative estimate of drug-likeness (QED) is 0.839. The number of rotatable bonds is 3. The van der Waals surface area contributed by atoms with Crippen molar-refractivity contribution in [2.24, 2.45) is 0 Å². The Labute approximate surface area is 119 Å². The lowest BCUT2D eigenvalue weighted by atomic mass is 10.3. The molecular weight excluding hydrogens is 284 g/mol. The van der Waals surface area contributed by atoms with Gasteiger partial charge in [0.05, 0.1) is 5.88 Å². The molecule has 0 bridgehead atoms. The Morgan fingerprint density at radius 2 is 2.11 bits per heavy atom. The number of urea groups is 1. The lowest BCUT2D eigenvalue weighted by molar-refractivity contribution is -0.140. The number of carboxylic acid groups (broad SMARTS) is 1. The first-order valence-corrected chi connectivity index (χ1v) is 8.02. The molecule has 2 amide bonds. The van der Waals surface area contributed by atoms with Gasteiger partial charge in [-0.3, -0.25) is 0 Å². The number of hydrogen-bond acceptors (Lipinski definition) is 4. The van der Waals surface area contributed by atoms with Gasteiger partial charge >= 0.3 is 12.0 Å². The molecule has 2 N–H and O–H groups in total. The standard InChI is InChI=1S/C12H14N2O3S2/c1-18-9-4-2-8(3-5-9)13-12(17)14-7-19-6-10(14)11(15)16/h2-5,10H,6-7H2,1H3,(H,13,17)(H,15,16)/t10-/m0/s1. The van der Waals surface area contributed by atoms with Crippen LogP contribution in [0.1, 0.15) is 0 Å². The van der Waals surface area contributed by atoms with Gasteiger partial charge in [0.2, 0.25) is 0 Å². The minimum Gasteiger partial charge on any atom is -0.480 e. The normalized spacial score (nSPS) is 18.4. The summed E-state index contributed by atoms with van der Waals surface area (Å²) in [7, 11) is 0. The highest BCUT2D eigenvalue weighted by molar-refractivity contribution is 7.99. The topological polar surface area (TPSA) is 69.6 Å². The molecule has 0 spiro atoms. The molecular formula is C12H14N2O3S2. The van der Waals surface area contributed by atoms with E-state index in [1.807, 2.05) is 30.5 Å². The fourth-order valence-corrected chi connectivity index (χ4v) is 3.27. The van der Waals surface area contributed by atoms with Crippen LogP contribution >= 0.6 is 23.5 Å². The van der Waals surface area contributed by atoms with Crippen LogP contribution in [0.4, 0.5) is 10.5 Å². The van der Waals surface area contributed by atoms with E-state index in [-0.39, 0.29) is 6.03 Å². The third-order valence-corrected chi connectivity index (χ3v) is 4.53. The second-order valence-corrected chi connectivity index (χ2v) is 5.86. The SMILES string of the molecule is CSc1ccc(NC(=O)N2CSC[C@H]2C(=O)O)cc1. The van der Waals surface area contributed by atoms with Crippen LogP contribution < -0.4 is 5.32 Å². The fourth-order valence-electron chi connectivity index (χ4n) is 1.72. The minimum absolute atomic E-state index is 0.366. The van der Waals surface area contributed by atoms with Crippen molar-refractivity contribution in [3.63, 3.8) is 0 Å². The fraction of sp³-hybridized carbons (Fsp3) is 0.333. The van der Waals surface area contributed by atoms with Crippen molar-refractivity contribution >= 4 is 41.2 Å². The van der Waals surface area contributed by atoms with Crippen molar-refractivity contribution in [3.05, 3.63) is 24.3 Å². The average Bonchev–Trinajstić information content (AvgIpc) is 2.89. The number of anilines is 1. The molecule has 7 heteroatoms. The van der Waals surface area contributed by atoms with Crippen LogP contribution in [-0.2, 0) is 4.79 Å². The predicted octanol–water partition coefficient (Wildman–Crippen LogP) is 2.40. The average molecular weight is 298 g/mol. The third kappa shape index (κ3) is 3.36. The molecule has 1 aromatic carbocycles. The Morgan fingerprint density at radius 1 is 1.42 bits per heavy atom.